The SMILES string of the molecule is COc1ccc(C(=O)Nc2c(N)nc(SCc3cccc(F)c3)[nH]c2=O)cc1OC. The maximum Gasteiger partial charge on any atom is 0.277 e. The van der Waals surface area contributed by atoms with Crippen LogP contribution in [0.15, 0.2) is 52.4 Å². The van der Waals surface area contributed by atoms with Crippen LogP contribution in [-0.4, -0.2) is 30.1 Å². The van der Waals surface area contributed by atoms with Gasteiger partial charge in [0.05, 0.1) is 14.2 Å². The van der Waals surface area contributed by atoms with Crippen LogP contribution in [0.5, 0.6) is 11.5 Å². The largest absolute Gasteiger partial charge is 0.493 e. The van der Waals surface area contributed by atoms with E-state index in [1.807, 2.05) is 0 Å². The van der Waals surface area contributed by atoms with E-state index in [0.717, 1.165) is 5.56 Å². The Morgan fingerprint density at radius 3 is 2.63 bits per heavy atom. The summed E-state index contributed by atoms with van der Waals surface area (Å²) in [5, 5.41) is 2.72. The molecular weight excluding hydrogens is 411 g/mol. The number of halogens is 1. The molecule has 1 aromatic heterocycles. The number of H-pyrrole nitrogens is 1. The molecule has 0 spiro atoms. The highest BCUT2D eigenvalue weighted by atomic mass is 32.2. The number of hydrogen-bond acceptors (Lipinski definition) is 7. The van der Waals surface area contributed by atoms with Gasteiger partial charge in [-0.05, 0) is 35.9 Å². The van der Waals surface area contributed by atoms with Gasteiger partial charge in [-0.3, -0.25) is 14.6 Å². The van der Waals surface area contributed by atoms with Gasteiger partial charge in [0.2, 0.25) is 0 Å². The van der Waals surface area contributed by atoms with Gasteiger partial charge in [-0.2, -0.15) is 0 Å². The second kappa shape index (κ2) is 9.31. The predicted molar refractivity (Wildman–Crippen MR) is 113 cm³/mol. The predicted octanol–water partition coefficient (Wildman–Crippen LogP) is 3.05. The molecule has 0 saturated heterocycles. The smallest absolute Gasteiger partial charge is 0.277 e. The Balaban J connectivity index is 1.75. The molecule has 3 rings (SSSR count). The topological polar surface area (TPSA) is 119 Å². The second-order valence-corrected chi connectivity index (χ2v) is 7.04. The molecule has 2 aromatic carbocycles. The number of nitrogens with one attached hydrogen (secondary N) is 2. The first-order valence-corrected chi connectivity index (χ1v) is 9.70. The first kappa shape index (κ1) is 21.2. The van der Waals surface area contributed by atoms with Crippen molar-refractivity contribution in [3.8, 4) is 11.5 Å². The fraction of sp³-hybridized carbons (Fsp3) is 0.150. The van der Waals surface area contributed by atoms with E-state index in [2.05, 4.69) is 15.3 Å². The van der Waals surface area contributed by atoms with E-state index < -0.39 is 11.5 Å². The van der Waals surface area contributed by atoms with Crippen LogP contribution in [0.2, 0.25) is 0 Å². The Labute approximate surface area is 175 Å². The quantitative estimate of drug-likeness (QED) is 0.389. The molecule has 0 aliphatic heterocycles. The van der Waals surface area contributed by atoms with E-state index in [1.165, 1.54) is 50.2 Å². The lowest BCUT2D eigenvalue weighted by Crippen LogP contribution is -2.23. The van der Waals surface area contributed by atoms with Gasteiger partial charge in [0, 0.05) is 11.3 Å². The monoisotopic (exact) mass is 430 g/mol. The molecule has 0 aliphatic carbocycles. The number of carbonyl (C=O) groups is 1. The molecule has 10 heteroatoms. The van der Waals surface area contributed by atoms with Gasteiger partial charge in [0.1, 0.15) is 11.5 Å². The molecule has 30 heavy (non-hydrogen) atoms. The normalized spacial score (nSPS) is 10.5. The molecule has 0 saturated carbocycles. The number of aromatic nitrogens is 2. The van der Waals surface area contributed by atoms with Crippen LogP contribution >= 0.6 is 11.8 Å². The van der Waals surface area contributed by atoms with Gasteiger partial charge < -0.3 is 20.5 Å². The highest BCUT2D eigenvalue weighted by Crippen LogP contribution is 2.28. The summed E-state index contributed by atoms with van der Waals surface area (Å²) in [5.41, 5.74) is 6.09. The summed E-state index contributed by atoms with van der Waals surface area (Å²) in [7, 11) is 2.93. The average Bonchev–Trinajstić information content (AvgIpc) is 2.74. The van der Waals surface area contributed by atoms with Gasteiger partial charge in [-0.1, -0.05) is 23.9 Å². The molecule has 0 bridgehead atoms. The first-order chi connectivity index (χ1) is 14.4. The molecule has 3 aromatic rings. The summed E-state index contributed by atoms with van der Waals surface area (Å²) in [6.45, 7) is 0. The fourth-order valence-electron chi connectivity index (χ4n) is 2.60. The number of methoxy groups -OCH3 is 2. The van der Waals surface area contributed by atoms with E-state index >= 15 is 0 Å². The average molecular weight is 430 g/mol. The van der Waals surface area contributed by atoms with Crippen molar-refractivity contribution in [1.29, 1.82) is 0 Å². The number of nitrogen functional groups attached to an aromatic ring is 1. The van der Waals surface area contributed by atoms with Crippen LogP contribution in [0.3, 0.4) is 0 Å². The lowest BCUT2D eigenvalue weighted by atomic mass is 10.2. The summed E-state index contributed by atoms with van der Waals surface area (Å²) in [6.07, 6.45) is 0. The Kier molecular flexibility index (Phi) is 6.58. The van der Waals surface area contributed by atoms with Crippen molar-refractivity contribution in [3.63, 3.8) is 0 Å². The molecular formula is C20H19FN4O4S. The van der Waals surface area contributed by atoms with Crippen LogP contribution in [-0.2, 0) is 5.75 Å². The zero-order valence-electron chi connectivity index (χ0n) is 16.2. The highest BCUT2D eigenvalue weighted by Gasteiger charge is 2.16. The Morgan fingerprint density at radius 2 is 1.97 bits per heavy atom. The number of nitrogens with zero attached hydrogens (tertiary/aromatic N) is 1. The molecule has 4 N–H and O–H groups in total. The van der Waals surface area contributed by atoms with E-state index in [9.17, 15) is 14.0 Å². The van der Waals surface area contributed by atoms with Crippen molar-refractivity contribution in [3.05, 3.63) is 69.8 Å². The summed E-state index contributed by atoms with van der Waals surface area (Å²) in [5.74, 6) is 0.186. The fourth-order valence-corrected chi connectivity index (χ4v) is 3.41. The van der Waals surface area contributed by atoms with Crippen LogP contribution in [0, 0.1) is 5.82 Å². The number of nitrogens with two attached hydrogens (primary N) is 1. The minimum atomic E-state index is -0.599. The number of ether oxygens (including phenoxy) is 2. The number of carbonyl (C=O) groups excluding carboxylic acids is 1. The second-order valence-electron chi connectivity index (χ2n) is 6.07. The summed E-state index contributed by atoms with van der Waals surface area (Å²) >= 11 is 1.19. The number of aromatic amines is 1. The molecule has 0 radical (unpaired) electrons. The van der Waals surface area contributed by atoms with Gasteiger partial charge in [-0.15, -0.1) is 0 Å². The van der Waals surface area contributed by atoms with Crippen molar-refractivity contribution in [2.45, 2.75) is 10.9 Å². The molecule has 1 amide bonds. The zero-order chi connectivity index (χ0) is 21.7. The van der Waals surface area contributed by atoms with Crippen LogP contribution in [0.4, 0.5) is 15.9 Å². The number of rotatable bonds is 7. The standard InChI is InChI=1S/C20H19FN4O4S/c1-28-14-7-6-12(9-15(14)29-2)18(26)23-16-17(22)24-20(25-19(16)27)30-10-11-4-3-5-13(21)8-11/h3-9H,10H2,1-2H3,(H,23,26)(H3,22,24,25,27). The van der Waals surface area contributed by atoms with Crippen molar-refractivity contribution in [2.24, 2.45) is 0 Å². The van der Waals surface area contributed by atoms with Gasteiger partial charge >= 0.3 is 0 Å². The van der Waals surface area contributed by atoms with E-state index in [0.29, 0.717) is 17.3 Å². The Hall–Kier alpha value is -3.53. The third-order valence-corrected chi connectivity index (χ3v) is 5.02. The summed E-state index contributed by atoms with van der Waals surface area (Å²) in [6, 6.07) is 10.7. The lowest BCUT2D eigenvalue weighted by Gasteiger charge is -2.11. The van der Waals surface area contributed by atoms with Crippen molar-refractivity contribution >= 4 is 29.2 Å². The molecule has 156 valence electrons. The molecule has 0 atom stereocenters. The molecule has 0 fully saturated rings. The van der Waals surface area contributed by atoms with Gasteiger partial charge in [0.25, 0.3) is 11.5 Å². The van der Waals surface area contributed by atoms with Gasteiger partial charge in [0.15, 0.2) is 22.5 Å². The minimum absolute atomic E-state index is 0.130. The molecule has 8 nitrogen and oxygen atoms in total. The first-order valence-electron chi connectivity index (χ1n) is 8.71. The number of benzene rings is 2. The Bertz CT molecular complexity index is 1140. The summed E-state index contributed by atoms with van der Waals surface area (Å²) < 4.78 is 23.6. The third kappa shape index (κ3) is 4.90. The maximum atomic E-state index is 13.3. The minimum Gasteiger partial charge on any atom is -0.493 e. The van der Waals surface area contributed by atoms with E-state index in [4.69, 9.17) is 15.2 Å². The maximum absolute atomic E-state index is 13.3. The number of amides is 1. The van der Waals surface area contributed by atoms with Crippen molar-refractivity contribution in [1.82, 2.24) is 9.97 Å². The zero-order valence-corrected chi connectivity index (χ0v) is 17.0. The van der Waals surface area contributed by atoms with Crippen molar-refractivity contribution in [2.75, 3.05) is 25.3 Å². The summed E-state index contributed by atoms with van der Waals surface area (Å²) in [4.78, 5) is 31.6. The number of anilines is 2. The molecule has 1 heterocycles. The van der Waals surface area contributed by atoms with Crippen LogP contribution < -0.4 is 26.1 Å². The lowest BCUT2D eigenvalue weighted by molar-refractivity contribution is 0.102. The number of thioether (sulfide) groups is 1. The van der Waals surface area contributed by atoms with E-state index in [1.54, 1.807) is 18.2 Å². The van der Waals surface area contributed by atoms with Crippen molar-refractivity contribution < 1.29 is 18.7 Å². The van der Waals surface area contributed by atoms with Gasteiger partial charge in [-0.25, -0.2) is 9.37 Å². The van der Waals surface area contributed by atoms with Crippen LogP contribution in [0.25, 0.3) is 0 Å². The molecule has 0 aliphatic rings. The van der Waals surface area contributed by atoms with Crippen LogP contribution in [0.1, 0.15) is 15.9 Å². The Morgan fingerprint density at radius 1 is 1.20 bits per heavy atom. The van der Waals surface area contributed by atoms with E-state index in [-0.39, 0.29) is 28.0 Å². The third-order valence-electron chi connectivity index (χ3n) is 4.07. The molecule has 0 unspecified atom stereocenters. The highest BCUT2D eigenvalue weighted by molar-refractivity contribution is 7.98. The number of hydrogen-bond donors (Lipinski definition) is 3.